The summed E-state index contributed by atoms with van der Waals surface area (Å²) in [5.41, 5.74) is 1.53. The van der Waals surface area contributed by atoms with Crippen LogP contribution in [0.2, 0.25) is 0 Å². The van der Waals surface area contributed by atoms with E-state index in [1.54, 1.807) is 12.3 Å². The molecule has 1 amide bonds. The Kier molecular flexibility index (Phi) is 5.32. The number of carbonyl (C=O) groups is 2. The van der Waals surface area contributed by atoms with E-state index >= 15 is 0 Å². The van der Waals surface area contributed by atoms with Crippen LogP contribution in [0.1, 0.15) is 12.0 Å². The van der Waals surface area contributed by atoms with Crippen LogP contribution in [0.25, 0.3) is 17.0 Å². The predicted molar refractivity (Wildman–Crippen MR) is 96.9 cm³/mol. The number of benzene rings is 1. The van der Waals surface area contributed by atoms with Crippen molar-refractivity contribution in [1.29, 1.82) is 0 Å². The van der Waals surface area contributed by atoms with Gasteiger partial charge in [-0.15, -0.1) is 0 Å². The number of nitrogens with zero attached hydrogens (tertiary/aromatic N) is 1. The summed E-state index contributed by atoms with van der Waals surface area (Å²) >= 11 is 0. The molecule has 1 aliphatic rings. The molecule has 7 nitrogen and oxygen atoms in total. The third-order valence-corrected chi connectivity index (χ3v) is 5.77. The van der Waals surface area contributed by atoms with E-state index in [-0.39, 0.29) is 11.5 Å². The number of hydrogen-bond acceptors (Lipinski definition) is 6. The zero-order valence-electron chi connectivity index (χ0n) is 13.9. The Labute approximate surface area is 151 Å². The number of carbonyl (C=O) groups excluding carboxylic acids is 2. The highest BCUT2D eigenvalue weighted by Crippen LogP contribution is 2.17. The molecule has 8 heteroatoms. The minimum Gasteiger partial charge on any atom is -0.452 e. The van der Waals surface area contributed by atoms with Gasteiger partial charge in [-0.3, -0.25) is 9.78 Å². The van der Waals surface area contributed by atoms with Crippen molar-refractivity contribution in [3.05, 3.63) is 48.2 Å². The van der Waals surface area contributed by atoms with Crippen LogP contribution < -0.4 is 5.32 Å². The number of fused-ring (bicyclic) bond motifs is 1. The van der Waals surface area contributed by atoms with Gasteiger partial charge in [-0.1, -0.05) is 24.3 Å². The first-order valence-corrected chi connectivity index (χ1v) is 9.93. The molecule has 3 rings (SSSR count). The van der Waals surface area contributed by atoms with Crippen LogP contribution in [0, 0.1) is 0 Å². The lowest BCUT2D eigenvalue weighted by atomic mass is 10.1. The van der Waals surface area contributed by atoms with Crippen LogP contribution in [0.3, 0.4) is 0 Å². The van der Waals surface area contributed by atoms with Crippen molar-refractivity contribution < 1.29 is 22.7 Å². The van der Waals surface area contributed by atoms with Crippen molar-refractivity contribution in [3.8, 4) is 0 Å². The van der Waals surface area contributed by atoms with E-state index in [0.29, 0.717) is 6.42 Å². The van der Waals surface area contributed by atoms with Crippen molar-refractivity contribution in [1.82, 2.24) is 10.3 Å². The smallest absolute Gasteiger partial charge is 0.331 e. The van der Waals surface area contributed by atoms with Gasteiger partial charge in [-0.25, -0.2) is 13.2 Å². The summed E-state index contributed by atoms with van der Waals surface area (Å²) in [6, 6.07) is 8.95. The molecular weight excluding hydrogens is 356 g/mol. The summed E-state index contributed by atoms with van der Waals surface area (Å²) < 4.78 is 27.6. The molecule has 1 aromatic heterocycles. The first-order chi connectivity index (χ1) is 12.4. The zero-order chi connectivity index (χ0) is 18.6. The van der Waals surface area contributed by atoms with Gasteiger partial charge >= 0.3 is 5.97 Å². The van der Waals surface area contributed by atoms with Crippen LogP contribution in [0.5, 0.6) is 0 Å². The predicted octanol–water partition coefficient (Wildman–Crippen LogP) is 1.09. The van der Waals surface area contributed by atoms with Gasteiger partial charge < -0.3 is 10.1 Å². The lowest BCUT2D eigenvalue weighted by Crippen LogP contribution is -2.38. The van der Waals surface area contributed by atoms with E-state index in [1.165, 1.54) is 6.08 Å². The van der Waals surface area contributed by atoms with Crippen LogP contribution in [-0.2, 0) is 24.2 Å². The Bertz CT molecular complexity index is 963. The number of esters is 1. The third-order valence-electron chi connectivity index (χ3n) is 4.01. The first kappa shape index (κ1) is 18.1. The number of amides is 1. The lowest BCUT2D eigenvalue weighted by Gasteiger charge is -2.10. The molecule has 136 valence electrons. The molecule has 1 unspecified atom stereocenters. The van der Waals surface area contributed by atoms with Gasteiger partial charge in [0.05, 0.1) is 17.0 Å². The summed E-state index contributed by atoms with van der Waals surface area (Å²) in [4.78, 5) is 27.8. The second-order valence-corrected chi connectivity index (χ2v) is 8.26. The summed E-state index contributed by atoms with van der Waals surface area (Å²) in [5, 5.41) is 3.51. The van der Waals surface area contributed by atoms with Crippen molar-refractivity contribution in [2.24, 2.45) is 0 Å². The van der Waals surface area contributed by atoms with Gasteiger partial charge in [0.25, 0.3) is 5.91 Å². The number of rotatable bonds is 5. The Morgan fingerprint density at radius 3 is 2.85 bits per heavy atom. The second kappa shape index (κ2) is 7.65. The maximum atomic E-state index is 11.8. The molecule has 1 saturated heterocycles. The highest BCUT2D eigenvalue weighted by molar-refractivity contribution is 7.91. The van der Waals surface area contributed by atoms with E-state index in [1.807, 2.05) is 30.3 Å². The van der Waals surface area contributed by atoms with E-state index in [4.69, 9.17) is 4.74 Å². The van der Waals surface area contributed by atoms with Crippen LogP contribution in [-0.4, -0.2) is 49.4 Å². The Morgan fingerprint density at radius 1 is 1.27 bits per heavy atom. The molecular formula is C18H18N2O5S. The standard InChI is InChI=1S/C18H18N2O5S/c21-16(20-15-8-10-26(23,24)12-15)11-25-17(22)7-6-14-4-1-3-13-5-2-9-19-18(13)14/h1-7,9,15H,8,10-12H2,(H,20,21)/b7-6+. The second-order valence-electron chi connectivity index (χ2n) is 6.03. The van der Waals surface area contributed by atoms with Crippen molar-refractivity contribution >= 4 is 38.7 Å². The molecule has 0 spiro atoms. The number of aromatic nitrogens is 1. The molecule has 1 fully saturated rings. The molecule has 0 saturated carbocycles. The van der Waals surface area contributed by atoms with Gasteiger partial charge in [0.2, 0.25) is 0 Å². The SMILES string of the molecule is O=C(COC(=O)/C=C/c1cccc2cccnc12)NC1CCS(=O)(=O)C1. The number of nitrogens with one attached hydrogen (secondary N) is 1. The van der Waals surface area contributed by atoms with Crippen LogP contribution in [0.15, 0.2) is 42.6 Å². The highest BCUT2D eigenvalue weighted by Gasteiger charge is 2.28. The molecule has 1 N–H and O–H groups in total. The summed E-state index contributed by atoms with van der Waals surface area (Å²) in [5.74, 6) is -1.17. The number of ether oxygens (including phenoxy) is 1. The number of sulfone groups is 1. The largest absolute Gasteiger partial charge is 0.452 e. The lowest BCUT2D eigenvalue weighted by molar-refractivity contribution is -0.143. The highest BCUT2D eigenvalue weighted by atomic mass is 32.2. The van der Waals surface area contributed by atoms with Crippen LogP contribution in [0.4, 0.5) is 0 Å². The zero-order valence-corrected chi connectivity index (χ0v) is 14.7. The fraction of sp³-hybridized carbons (Fsp3) is 0.278. The topological polar surface area (TPSA) is 102 Å². The van der Waals surface area contributed by atoms with E-state index in [9.17, 15) is 18.0 Å². The van der Waals surface area contributed by atoms with Crippen molar-refractivity contribution in [2.45, 2.75) is 12.5 Å². The van der Waals surface area contributed by atoms with E-state index < -0.39 is 34.4 Å². The average molecular weight is 374 g/mol. The van der Waals surface area contributed by atoms with Gasteiger partial charge in [-0.2, -0.15) is 0 Å². The molecule has 2 aromatic rings. The fourth-order valence-electron chi connectivity index (χ4n) is 2.78. The molecule has 2 heterocycles. The van der Waals surface area contributed by atoms with E-state index in [2.05, 4.69) is 10.3 Å². The monoisotopic (exact) mass is 374 g/mol. The first-order valence-electron chi connectivity index (χ1n) is 8.11. The molecule has 0 aliphatic carbocycles. The molecule has 0 bridgehead atoms. The van der Waals surface area contributed by atoms with Gasteiger partial charge in [0, 0.05) is 29.3 Å². The Hall–Kier alpha value is -2.74. The molecule has 1 aliphatic heterocycles. The fourth-order valence-corrected chi connectivity index (χ4v) is 4.46. The molecule has 0 radical (unpaired) electrons. The third kappa shape index (κ3) is 4.66. The Balaban J connectivity index is 1.52. The molecule has 1 aromatic carbocycles. The van der Waals surface area contributed by atoms with Gasteiger partial charge in [0.15, 0.2) is 16.4 Å². The molecule has 1 atom stereocenters. The van der Waals surface area contributed by atoms with Gasteiger partial charge in [-0.05, 0) is 18.6 Å². The number of para-hydroxylation sites is 1. The Morgan fingerprint density at radius 2 is 2.08 bits per heavy atom. The normalized spacial score (nSPS) is 18.8. The summed E-state index contributed by atoms with van der Waals surface area (Å²) in [6.45, 7) is -0.451. The minimum atomic E-state index is -3.07. The summed E-state index contributed by atoms with van der Waals surface area (Å²) in [6.07, 6.45) is 4.87. The molecule has 26 heavy (non-hydrogen) atoms. The maximum Gasteiger partial charge on any atom is 0.331 e. The maximum absolute atomic E-state index is 11.8. The van der Waals surface area contributed by atoms with Crippen LogP contribution >= 0.6 is 0 Å². The van der Waals surface area contributed by atoms with Gasteiger partial charge in [0.1, 0.15) is 0 Å². The number of hydrogen-bond donors (Lipinski definition) is 1. The van der Waals surface area contributed by atoms with E-state index in [0.717, 1.165) is 16.5 Å². The quantitative estimate of drug-likeness (QED) is 0.621. The average Bonchev–Trinajstić information content (AvgIpc) is 2.96. The van der Waals surface area contributed by atoms with Crippen molar-refractivity contribution in [2.75, 3.05) is 18.1 Å². The number of pyridine rings is 1. The summed E-state index contributed by atoms with van der Waals surface area (Å²) in [7, 11) is -3.07. The van der Waals surface area contributed by atoms with Crippen molar-refractivity contribution in [3.63, 3.8) is 0 Å². The minimum absolute atomic E-state index is 0.0688.